The van der Waals surface area contributed by atoms with E-state index in [0.29, 0.717) is 11.1 Å². The van der Waals surface area contributed by atoms with Crippen LogP contribution in [0.4, 0.5) is 13.2 Å². The van der Waals surface area contributed by atoms with E-state index >= 15 is 0 Å². The Morgan fingerprint density at radius 3 is 2.62 bits per heavy atom. The molecular weight excluding hydrogens is 347 g/mol. The Hall–Kier alpha value is -2.59. The molecule has 2 N–H and O–H groups in total. The highest BCUT2D eigenvalue weighted by molar-refractivity contribution is 7.77. The van der Waals surface area contributed by atoms with Crippen LogP contribution in [0.3, 0.4) is 0 Å². The first-order valence-electron chi connectivity index (χ1n) is 6.44. The van der Waals surface area contributed by atoms with Crippen molar-refractivity contribution < 1.29 is 26.7 Å². The number of nitrogens with one attached hydrogen (secondary N) is 1. The van der Waals surface area contributed by atoms with E-state index in [4.69, 9.17) is 4.55 Å². The molecule has 1 heterocycles. The quantitative estimate of drug-likeness (QED) is 0.704. The summed E-state index contributed by atoms with van der Waals surface area (Å²) < 4.78 is 59.2. The van der Waals surface area contributed by atoms with Crippen LogP contribution in [0, 0.1) is 0 Å². The van der Waals surface area contributed by atoms with Crippen LogP contribution in [-0.2, 0) is 17.4 Å². The lowest BCUT2D eigenvalue weighted by Crippen LogP contribution is -2.13. The van der Waals surface area contributed by atoms with Gasteiger partial charge in [-0.05, 0) is 23.3 Å². The molecule has 10 heteroatoms. The minimum absolute atomic E-state index is 0.200. The molecule has 0 radical (unpaired) electrons. The van der Waals surface area contributed by atoms with Gasteiger partial charge in [-0.1, -0.05) is 12.1 Å². The summed E-state index contributed by atoms with van der Waals surface area (Å²) in [5.74, 6) is -1.99. The molecule has 1 aromatic heterocycles. The molecule has 0 amide bonds. The Kier molecular flexibility index (Phi) is 3.93. The van der Waals surface area contributed by atoms with Gasteiger partial charge < -0.3 is 0 Å². The number of carbonyl (C=O) groups is 1. The van der Waals surface area contributed by atoms with Crippen molar-refractivity contribution >= 4 is 23.1 Å². The smallest absolute Gasteiger partial charge is 0.289 e. The molecule has 1 aliphatic rings. The summed E-state index contributed by atoms with van der Waals surface area (Å²) in [4.78, 5) is 18.9. The number of ketones is 1. The lowest BCUT2D eigenvalue weighted by atomic mass is 10.0. The van der Waals surface area contributed by atoms with Crippen LogP contribution in [0.15, 0.2) is 30.6 Å². The standard InChI is InChI=1S/C14H8F3N3O3S/c15-14(16,17)13-18-6-10-8-2-1-7(3-4-19-24(22)23)5-9(8)12(21)11(10)20-13/h1-6,19H,(H,22,23). The number of nitrogens with zero attached hydrogens (tertiary/aromatic N) is 2. The Balaban J connectivity index is 1.99. The minimum Gasteiger partial charge on any atom is -0.289 e. The third-order valence-electron chi connectivity index (χ3n) is 3.28. The lowest BCUT2D eigenvalue weighted by molar-refractivity contribution is -0.145. The molecule has 0 spiro atoms. The second-order valence-electron chi connectivity index (χ2n) is 4.79. The van der Waals surface area contributed by atoms with Crippen molar-refractivity contribution in [3.05, 3.63) is 53.2 Å². The van der Waals surface area contributed by atoms with Crippen molar-refractivity contribution in [1.82, 2.24) is 14.7 Å². The summed E-state index contributed by atoms with van der Waals surface area (Å²) in [5.41, 5.74) is 1.12. The summed E-state index contributed by atoms with van der Waals surface area (Å²) in [7, 11) is 0. The van der Waals surface area contributed by atoms with E-state index in [1.807, 2.05) is 0 Å². The first-order valence-corrected chi connectivity index (χ1v) is 7.55. The van der Waals surface area contributed by atoms with Gasteiger partial charge in [0.2, 0.25) is 11.6 Å². The maximum Gasteiger partial charge on any atom is 0.451 e. The Morgan fingerprint density at radius 2 is 1.96 bits per heavy atom. The highest BCUT2D eigenvalue weighted by Crippen LogP contribution is 2.37. The Bertz CT molecular complexity index is 897. The van der Waals surface area contributed by atoms with Gasteiger partial charge in [-0.25, -0.2) is 14.2 Å². The molecular formula is C14H8F3N3O3S. The number of alkyl halides is 3. The fraction of sp³-hybridized carbons (Fsp3) is 0.0714. The summed E-state index contributed by atoms with van der Waals surface area (Å²) >= 11 is -2.22. The summed E-state index contributed by atoms with van der Waals surface area (Å²) in [5, 5.41) is 0. The number of rotatable bonds is 3. The number of carbonyl (C=O) groups excluding carboxylic acids is 1. The Labute approximate surface area is 135 Å². The SMILES string of the molecule is O=C1c2cc(C=CNS(=O)O)ccc2-c2cnc(C(F)(F)F)nc21. The van der Waals surface area contributed by atoms with Gasteiger partial charge >= 0.3 is 6.18 Å². The second kappa shape index (κ2) is 5.80. The van der Waals surface area contributed by atoms with Gasteiger partial charge in [0.25, 0.3) is 11.3 Å². The second-order valence-corrected chi connectivity index (χ2v) is 5.52. The van der Waals surface area contributed by atoms with E-state index in [1.54, 1.807) is 12.1 Å². The van der Waals surface area contributed by atoms with E-state index in [1.165, 1.54) is 18.3 Å². The molecule has 0 saturated carbocycles. The number of halogens is 3. The molecule has 24 heavy (non-hydrogen) atoms. The van der Waals surface area contributed by atoms with Crippen LogP contribution in [-0.4, -0.2) is 24.5 Å². The monoisotopic (exact) mass is 355 g/mol. The first kappa shape index (κ1) is 16.3. The van der Waals surface area contributed by atoms with Crippen molar-refractivity contribution in [3.63, 3.8) is 0 Å². The predicted molar refractivity (Wildman–Crippen MR) is 78.8 cm³/mol. The van der Waals surface area contributed by atoms with E-state index in [2.05, 4.69) is 14.7 Å². The topological polar surface area (TPSA) is 92.2 Å². The molecule has 0 bridgehead atoms. The average Bonchev–Trinajstić information content (AvgIpc) is 2.79. The van der Waals surface area contributed by atoms with E-state index in [-0.39, 0.29) is 16.8 Å². The van der Waals surface area contributed by atoms with Crippen LogP contribution in [0.1, 0.15) is 27.4 Å². The average molecular weight is 355 g/mol. The summed E-state index contributed by atoms with van der Waals surface area (Å²) in [6.07, 6.45) is -1.09. The maximum absolute atomic E-state index is 12.7. The molecule has 124 valence electrons. The highest BCUT2D eigenvalue weighted by atomic mass is 32.2. The molecule has 1 aromatic carbocycles. The predicted octanol–water partition coefficient (Wildman–Crippen LogP) is 2.40. The van der Waals surface area contributed by atoms with Gasteiger partial charge in [-0.3, -0.25) is 14.1 Å². The molecule has 6 nitrogen and oxygen atoms in total. The van der Waals surface area contributed by atoms with E-state index in [0.717, 1.165) is 6.20 Å². The van der Waals surface area contributed by atoms with Crippen molar-refractivity contribution in [2.24, 2.45) is 0 Å². The van der Waals surface area contributed by atoms with Crippen LogP contribution >= 0.6 is 0 Å². The van der Waals surface area contributed by atoms with Gasteiger partial charge in [-0.15, -0.1) is 0 Å². The molecule has 1 atom stereocenters. The lowest BCUT2D eigenvalue weighted by Gasteiger charge is -2.05. The van der Waals surface area contributed by atoms with Gasteiger partial charge in [0, 0.05) is 23.5 Å². The van der Waals surface area contributed by atoms with Crippen molar-refractivity contribution in [3.8, 4) is 11.1 Å². The van der Waals surface area contributed by atoms with Gasteiger partial charge in [0.15, 0.2) is 0 Å². The fourth-order valence-corrected chi connectivity index (χ4v) is 2.48. The Morgan fingerprint density at radius 1 is 1.21 bits per heavy atom. The molecule has 3 rings (SSSR count). The third kappa shape index (κ3) is 2.93. The minimum atomic E-state index is -4.73. The third-order valence-corrected chi connectivity index (χ3v) is 3.62. The zero-order chi connectivity index (χ0) is 17.5. The molecule has 0 fully saturated rings. The van der Waals surface area contributed by atoms with Crippen LogP contribution < -0.4 is 4.72 Å². The zero-order valence-corrected chi connectivity index (χ0v) is 12.5. The number of fused-ring (bicyclic) bond motifs is 3. The van der Waals surface area contributed by atoms with Crippen molar-refractivity contribution in [2.75, 3.05) is 0 Å². The summed E-state index contributed by atoms with van der Waals surface area (Å²) in [6.45, 7) is 0. The fourth-order valence-electron chi connectivity index (χ4n) is 2.29. The first-order chi connectivity index (χ1) is 11.3. The molecule has 1 aliphatic carbocycles. The van der Waals surface area contributed by atoms with Gasteiger partial charge in [0.05, 0.1) is 0 Å². The van der Waals surface area contributed by atoms with Crippen LogP contribution in [0.25, 0.3) is 17.2 Å². The largest absolute Gasteiger partial charge is 0.451 e. The van der Waals surface area contributed by atoms with Crippen molar-refractivity contribution in [2.45, 2.75) is 6.18 Å². The maximum atomic E-state index is 12.7. The normalized spacial score (nSPS) is 14.6. The zero-order valence-electron chi connectivity index (χ0n) is 11.7. The van der Waals surface area contributed by atoms with Crippen LogP contribution in [0.5, 0.6) is 0 Å². The van der Waals surface area contributed by atoms with Crippen LogP contribution in [0.2, 0.25) is 0 Å². The number of hydrogen-bond acceptors (Lipinski definition) is 4. The molecule has 0 aliphatic heterocycles. The molecule has 1 unspecified atom stereocenters. The molecule has 0 saturated heterocycles. The van der Waals surface area contributed by atoms with Crippen molar-refractivity contribution in [1.29, 1.82) is 0 Å². The summed E-state index contributed by atoms with van der Waals surface area (Å²) in [6, 6.07) is 4.63. The van der Waals surface area contributed by atoms with Gasteiger partial charge in [0.1, 0.15) is 5.69 Å². The number of hydrogen-bond donors (Lipinski definition) is 2. The number of aromatic nitrogens is 2. The highest BCUT2D eigenvalue weighted by Gasteiger charge is 2.38. The molecule has 2 aromatic rings. The van der Waals surface area contributed by atoms with E-state index in [9.17, 15) is 22.2 Å². The van der Waals surface area contributed by atoms with Gasteiger partial charge in [-0.2, -0.15) is 13.2 Å². The van der Waals surface area contributed by atoms with E-state index < -0.39 is 29.1 Å². The number of benzene rings is 1.